The molecule has 9 heteroatoms. The predicted octanol–water partition coefficient (Wildman–Crippen LogP) is 2.40. The Balaban J connectivity index is 1.87. The fourth-order valence-electron chi connectivity index (χ4n) is 4.23. The number of hydrogen-bond donors (Lipinski definition) is 1. The Morgan fingerprint density at radius 3 is 2.32 bits per heavy atom. The van der Waals surface area contributed by atoms with E-state index >= 15 is 0 Å². The molecule has 2 amide bonds. The second-order valence-corrected chi connectivity index (χ2v) is 7.71. The third-order valence-electron chi connectivity index (χ3n) is 5.85. The topological polar surface area (TPSA) is 48.1 Å². The first-order valence-electron chi connectivity index (χ1n) is 10.5. The van der Waals surface area contributed by atoms with Gasteiger partial charge >= 0.3 is 12.2 Å². The fourth-order valence-corrected chi connectivity index (χ4v) is 4.23. The number of carbonyl (C=O) groups excluding carboxylic acids is 1. The van der Waals surface area contributed by atoms with Crippen molar-refractivity contribution in [3.8, 4) is 0 Å². The van der Waals surface area contributed by atoms with Crippen molar-refractivity contribution in [3.05, 3.63) is 0 Å². The zero-order valence-electron chi connectivity index (χ0n) is 17.1. The molecular formula is C19H35F3N4O2. The summed E-state index contributed by atoms with van der Waals surface area (Å²) in [5, 5.41) is 3.05. The van der Waals surface area contributed by atoms with Gasteiger partial charge in [0.25, 0.3) is 0 Å². The average molecular weight is 409 g/mol. The lowest BCUT2D eigenvalue weighted by molar-refractivity contribution is -0.145. The number of alkyl halides is 3. The van der Waals surface area contributed by atoms with Crippen LogP contribution in [0.2, 0.25) is 0 Å². The van der Waals surface area contributed by atoms with Crippen molar-refractivity contribution in [1.29, 1.82) is 0 Å². The smallest absolute Gasteiger partial charge is 0.379 e. The van der Waals surface area contributed by atoms with E-state index in [-0.39, 0.29) is 18.6 Å². The maximum absolute atomic E-state index is 12.7. The molecule has 2 aliphatic heterocycles. The molecule has 2 rings (SSSR count). The van der Waals surface area contributed by atoms with Crippen LogP contribution in [-0.4, -0.2) is 98.5 Å². The van der Waals surface area contributed by atoms with Gasteiger partial charge in [0, 0.05) is 51.9 Å². The second-order valence-electron chi connectivity index (χ2n) is 7.71. The van der Waals surface area contributed by atoms with Crippen molar-refractivity contribution >= 4 is 6.03 Å². The molecule has 0 aromatic carbocycles. The molecule has 0 aromatic rings. The van der Waals surface area contributed by atoms with E-state index in [0.717, 1.165) is 25.9 Å². The maximum Gasteiger partial charge on any atom is 0.401 e. The Hall–Kier alpha value is -1.06. The zero-order valence-corrected chi connectivity index (χ0v) is 17.1. The van der Waals surface area contributed by atoms with Crippen LogP contribution in [0.5, 0.6) is 0 Å². The maximum atomic E-state index is 12.7. The van der Waals surface area contributed by atoms with E-state index in [4.69, 9.17) is 4.74 Å². The van der Waals surface area contributed by atoms with E-state index in [0.29, 0.717) is 51.7 Å². The van der Waals surface area contributed by atoms with Gasteiger partial charge in [0.15, 0.2) is 0 Å². The molecule has 6 nitrogen and oxygen atoms in total. The van der Waals surface area contributed by atoms with Gasteiger partial charge in [0.2, 0.25) is 0 Å². The van der Waals surface area contributed by atoms with Crippen LogP contribution in [0.4, 0.5) is 18.0 Å². The van der Waals surface area contributed by atoms with Gasteiger partial charge < -0.3 is 15.0 Å². The summed E-state index contributed by atoms with van der Waals surface area (Å²) in [5.74, 6) is 0.491. The number of hydrogen-bond acceptors (Lipinski definition) is 4. The Bertz CT molecular complexity index is 469. The molecule has 164 valence electrons. The molecule has 0 aliphatic carbocycles. The van der Waals surface area contributed by atoms with Crippen molar-refractivity contribution in [2.24, 2.45) is 5.92 Å². The Kier molecular flexibility index (Phi) is 9.30. The van der Waals surface area contributed by atoms with Crippen molar-refractivity contribution in [2.45, 2.75) is 45.3 Å². The summed E-state index contributed by atoms with van der Waals surface area (Å²) in [4.78, 5) is 18.1. The molecule has 1 unspecified atom stereocenters. The van der Waals surface area contributed by atoms with Gasteiger partial charge in [-0.3, -0.25) is 9.80 Å². The normalized spacial score (nSPS) is 21.6. The van der Waals surface area contributed by atoms with Gasteiger partial charge in [-0.15, -0.1) is 0 Å². The van der Waals surface area contributed by atoms with E-state index in [9.17, 15) is 18.0 Å². The van der Waals surface area contributed by atoms with Crippen LogP contribution >= 0.6 is 0 Å². The number of morpholine rings is 1. The molecule has 2 saturated heterocycles. The molecule has 0 bridgehead atoms. The largest absolute Gasteiger partial charge is 0.401 e. The molecule has 1 atom stereocenters. The van der Waals surface area contributed by atoms with Crippen molar-refractivity contribution in [2.75, 3.05) is 65.6 Å². The summed E-state index contributed by atoms with van der Waals surface area (Å²) in [6, 6.07) is 0.0923. The molecule has 0 aromatic heterocycles. The summed E-state index contributed by atoms with van der Waals surface area (Å²) in [6.07, 6.45) is -1.55. The minimum absolute atomic E-state index is 0.168. The number of ether oxygens (including phenoxy) is 1. The lowest BCUT2D eigenvalue weighted by atomic mass is 9.92. The quantitative estimate of drug-likeness (QED) is 0.703. The Labute approximate surface area is 166 Å². The van der Waals surface area contributed by atoms with Gasteiger partial charge in [-0.25, -0.2) is 4.79 Å². The molecule has 0 spiro atoms. The second kappa shape index (κ2) is 11.2. The lowest BCUT2D eigenvalue weighted by Crippen LogP contribution is -2.53. The fraction of sp³-hybridized carbons (Fsp3) is 0.947. The van der Waals surface area contributed by atoms with Gasteiger partial charge in [-0.1, -0.05) is 26.7 Å². The number of urea groups is 1. The Morgan fingerprint density at radius 2 is 1.71 bits per heavy atom. The van der Waals surface area contributed by atoms with Crippen molar-refractivity contribution in [1.82, 2.24) is 20.0 Å². The van der Waals surface area contributed by atoms with Crippen LogP contribution in [0.25, 0.3) is 0 Å². The lowest BCUT2D eigenvalue weighted by Gasteiger charge is -2.39. The van der Waals surface area contributed by atoms with Gasteiger partial charge in [0.05, 0.1) is 19.8 Å². The molecule has 2 aliphatic rings. The molecule has 1 N–H and O–H groups in total. The van der Waals surface area contributed by atoms with Crippen LogP contribution in [-0.2, 0) is 4.74 Å². The molecular weight excluding hydrogens is 373 g/mol. The number of nitrogens with one attached hydrogen (secondary N) is 1. The third-order valence-corrected chi connectivity index (χ3v) is 5.85. The monoisotopic (exact) mass is 408 g/mol. The minimum Gasteiger partial charge on any atom is -0.379 e. The van der Waals surface area contributed by atoms with E-state index in [2.05, 4.69) is 24.1 Å². The highest BCUT2D eigenvalue weighted by atomic mass is 19.4. The van der Waals surface area contributed by atoms with Crippen LogP contribution in [0, 0.1) is 5.92 Å². The zero-order chi connectivity index (χ0) is 20.6. The van der Waals surface area contributed by atoms with E-state index in [1.165, 1.54) is 4.90 Å². The molecule has 0 saturated carbocycles. The van der Waals surface area contributed by atoms with E-state index in [1.807, 2.05) is 0 Å². The van der Waals surface area contributed by atoms with Crippen LogP contribution in [0.1, 0.15) is 33.1 Å². The van der Waals surface area contributed by atoms with Gasteiger partial charge in [-0.05, 0) is 12.3 Å². The molecule has 28 heavy (non-hydrogen) atoms. The highest BCUT2D eigenvalue weighted by Gasteiger charge is 2.32. The van der Waals surface area contributed by atoms with Crippen LogP contribution in [0.3, 0.4) is 0 Å². The highest BCUT2D eigenvalue weighted by molar-refractivity contribution is 5.74. The number of amides is 2. The standard InChI is InChI=1S/C19H35F3N4O2/c1-3-16(4-2)17(25-10-12-28-13-11-25)14-23-18(27)26-7-5-6-24(8-9-26)15-19(20,21)22/h16-17H,3-15H2,1-2H3,(H,23,27). The Morgan fingerprint density at radius 1 is 1.04 bits per heavy atom. The summed E-state index contributed by atoms with van der Waals surface area (Å²) < 4.78 is 43.3. The highest BCUT2D eigenvalue weighted by Crippen LogP contribution is 2.20. The molecule has 2 fully saturated rings. The summed E-state index contributed by atoms with van der Waals surface area (Å²) in [6.45, 7) is 8.62. The van der Waals surface area contributed by atoms with Gasteiger partial charge in [0.1, 0.15) is 0 Å². The number of rotatable bonds is 7. The minimum atomic E-state index is -4.20. The molecule has 2 heterocycles. The van der Waals surface area contributed by atoms with E-state index in [1.54, 1.807) is 4.90 Å². The molecule has 0 radical (unpaired) electrons. The first-order chi connectivity index (χ1) is 13.3. The summed E-state index contributed by atoms with van der Waals surface area (Å²) in [7, 11) is 0. The van der Waals surface area contributed by atoms with Crippen molar-refractivity contribution < 1.29 is 22.7 Å². The number of nitrogens with zero attached hydrogens (tertiary/aromatic N) is 3. The summed E-state index contributed by atoms with van der Waals surface area (Å²) >= 11 is 0. The predicted molar refractivity (Wildman–Crippen MR) is 102 cm³/mol. The first kappa shape index (κ1) is 23.2. The van der Waals surface area contributed by atoms with E-state index < -0.39 is 12.7 Å². The summed E-state index contributed by atoms with van der Waals surface area (Å²) in [5.41, 5.74) is 0. The van der Waals surface area contributed by atoms with Gasteiger partial charge in [-0.2, -0.15) is 13.2 Å². The first-order valence-corrected chi connectivity index (χ1v) is 10.5. The SMILES string of the molecule is CCC(CC)C(CNC(=O)N1CCCN(CC(F)(F)F)CC1)N1CCOCC1. The van der Waals surface area contributed by atoms with Crippen LogP contribution < -0.4 is 5.32 Å². The van der Waals surface area contributed by atoms with Crippen molar-refractivity contribution in [3.63, 3.8) is 0 Å². The van der Waals surface area contributed by atoms with Crippen LogP contribution in [0.15, 0.2) is 0 Å². The number of carbonyl (C=O) groups is 1. The number of halogens is 3. The average Bonchev–Trinajstić information content (AvgIpc) is 2.89. The third kappa shape index (κ3) is 7.40.